The summed E-state index contributed by atoms with van der Waals surface area (Å²) in [7, 11) is 0. The molecule has 7 heteroatoms. The molecule has 0 radical (unpaired) electrons. The molecule has 1 N–H and O–H groups in total. The van der Waals surface area contributed by atoms with E-state index >= 15 is 0 Å². The molecule has 2 heterocycles. The molecule has 4 aromatic rings. The number of imidazole rings is 1. The normalized spacial score (nSPS) is 11.4. The van der Waals surface area contributed by atoms with Crippen molar-refractivity contribution in [3.63, 3.8) is 0 Å². The van der Waals surface area contributed by atoms with E-state index in [4.69, 9.17) is 4.74 Å². The van der Waals surface area contributed by atoms with Gasteiger partial charge in [-0.1, -0.05) is 18.2 Å². The number of ether oxygens (including phenoxy) is 1. The average molecular weight is 397 g/mol. The zero-order chi connectivity index (χ0) is 19.5. The Morgan fingerprint density at radius 3 is 2.93 bits per heavy atom. The number of para-hydroxylation sites is 2. The number of halogens is 1. The molecule has 0 saturated carbocycles. The molecule has 2 aromatic carbocycles. The summed E-state index contributed by atoms with van der Waals surface area (Å²) in [6.07, 6.45) is 0.811. The lowest BCUT2D eigenvalue weighted by molar-refractivity contribution is 0.102. The number of anilines is 1. The van der Waals surface area contributed by atoms with Crippen molar-refractivity contribution in [1.29, 1.82) is 0 Å². The molecule has 28 heavy (non-hydrogen) atoms. The maximum Gasteiger partial charge on any atom is 0.268 e. The van der Waals surface area contributed by atoms with Gasteiger partial charge in [0.1, 0.15) is 5.82 Å². The molecule has 2 aromatic heterocycles. The van der Waals surface area contributed by atoms with Gasteiger partial charge >= 0.3 is 0 Å². The summed E-state index contributed by atoms with van der Waals surface area (Å²) in [5.74, 6) is -0.126. The highest BCUT2D eigenvalue weighted by Gasteiger charge is 2.17. The van der Waals surface area contributed by atoms with E-state index < -0.39 is 0 Å². The SMILES string of the molecule is CCOCCCn1c(NC(=O)c2cc3c(F)cccc3s2)nc2ccccc21. The molecular formula is C21H20FN3O2S. The van der Waals surface area contributed by atoms with Crippen LogP contribution in [0.25, 0.3) is 21.1 Å². The van der Waals surface area contributed by atoms with Gasteiger partial charge < -0.3 is 9.30 Å². The van der Waals surface area contributed by atoms with Crippen molar-refractivity contribution in [2.75, 3.05) is 18.5 Å². The predicted octanol–water partition coefficient (Wildman–Crippen LogP) is 5.07. The maximum atomic E-state index is 13.9. The quantitative estimate of drug-likeness (QED) is 0.443. The van der Waals surface area contributed by atoms with E-state index in [2.05, 4.69) is 10.3 Å². The summed E-state index contributed by atoms with van der Waals surface area (Å²) < 4.78 is 22.1. The number of nitrogens with zero attached hydrogens (tertiary/aromatic N) is 2. The van der Waals surface area contributed by atoms with Crippen molar-refractivity contribution >= 4 is 44.3 Å². The van der Waals surface area contributed by atoms with Gasteiger partial charge in [0.05, 0.1) is 15.9 Å². The van der Waals surface area contributed by atoms with Gasteiger partial charge in [0.2, 0.25) is 5.95 Å². The molecular weight excluding hydrogens is 377 g/mol. The molecule has 0 atom stereocenters. The minimum Gasteiger partial charge on any atom is -0.382 e. The lowest BCUT2D eigenvalue weighted by Gasteiger charge is -2.09. The van der Waals surface area contributed by atoms with Gasteiger partial charge in [-0.2, -0.15) is 0 Å². The van der Waals surface area contributed by atoms with E-state index in [9.17, 15) is 9.18 Å². The van der Waals surface area contributed by atoms with Crippen LogP contribution in [0, 0.1) is 5.82 Å². The van der Waals surface area contributed by atoms with Gasteiger partial charge in [0, 0.05) is 29.8 Å². The number of thiophene rings is 1. The highest BCUT2D eigenvalue weighted by Crippen LogP contribution is 2.28. The fraction of sp³-hybridized carbons (Fsp3) is 0.238. The number of carbonyl (C=O) groups excluding carboxylic acids is 1. The van der Waals surface area contributed by atoms with Crippen LogP contribution >= 0.6 is 11.3 Å². The van der Waals surface area contributed by atoms with Crippen LogP contribution in [-0.4, -0.2) is 28.7 Å². The van der Waals surface area contributed by atoms with Crippen LogP contribution in [0.2, 0.25) is 0 Å². The number of aryl methyl sites for hydroxylation is 1. The number of benzene rings is 2. The molecule has 0 aliphatic heterocycles. The number of hydrogen-bond donors (Lipinski definition) is 1. The molecule has 0 saturated heterocycles. The standard InChI is InChI=1S/C21H20FN3O2S/c1-2-27-12-6-11-25-17-9-4-3-8-16(17)23-21(25)24-20(26)19-13-14-15(22)7-5-10-18(14)28-19/h3-5,7-10,13H,2,6,11-12H2,1H3,(H,23,24,26). The smallest absolute Gasteiger partial charge is 0.268 e. The van der Waals surface area contributed by atoms with Crippen molar-refractivity contribution < 1.29 is 13.9 Å². The van der Waals surface area contributed by atoms with Crippen molar-refractivity contribution in [3.8, 4) is 0 Å². The third-order valence-corrected chi connectivity index (χ3v) is 5.59. The van der Waals surface area contributed by atoms with Crippen LogP contribution in [0.5, 0.6) is 0 Å². The molecule has 4 rings (SSSR count). The molecule has 0 unspecified atom stereocenters. The van der Waals surface area contributed by atoms with E-state index in [-0.39, 0.29) is 11.7 Å². The first-order valence-electron chi connectivity index (χ1n) is 9.20. The molecule has 0 bridgehead atoms. The monoisotopic (exact) mass is 397 g/mol. The topological polar surface area (TPSA) is 56.1 Å². The van der Waals surface area contributed by atoms with Crippen LogP contribution in [0.15, 0.2) is 48.5 Å². The molecule has 144 valence electrons. The Kier molecular flexibility index (Phi) is 5.36. The number of amides is 1. The van der Waals surface area contributed by atoms with E-state index in [0.29, 0.717) is 36.0 Å². The minimum atomic E-state index is -0.323. The van der Waals surface area contributed by atoms with Crippen molar-refractivity contribution in [2.45, 2.75) is 19.9 Å². The van der Waals surface area contributed by atoms with Gasteiger partial charge in [-0.25, -0.2) is 9.37 Å². The Bertz CT molecular complexity index is 1140. The molecule has 1 amide bonds. The van der Waals surface area contributed by atoms with Gasteiger partial charge in [-0.3, -0.25) is 10.1 Å². The Morgan fingerprint density at radius 1 is 1.25 bits per heavy atom. The molecule has 0 spiro atoms. The first kappa shape index (κ1) is 18.6. The second-order valence-corrected chi connectivity index (χ2v) is 7.43. The van der Waals surface area contributed by atoms with Crippen LogP contribution in [0.4, 0.5) is 10.3 Å². The van der Waals surface area contributed by atoms with E-state index in [1.54, 1.807) is 12.1 Å². The highest BCUT2D eigenvalue weighted by atomic mass is 32.1. The molecule has 0 aliphatic carbocycles. The number of carbonyl (C=O) groups is 1. The Hall–Kier alpha value is -2.77. The average Bonchev–Trinajstić information content (AvgIpc) is 3.28. The summed E-state index contributed by atoms with van der Waals surface area (Å²) in [4.78, 5) is 17.8. The largest absolute Gasteiger partial charge is 0.382 e. The van der Waals surface area contributed by atoms with Gasteiger partial charge in [-0.15, -0.1) is 11.3 Å². The molecule has 0 aliphatic rings. The fourth-order valence-corrected chi connectivity index (χ4v) is 4.14. The second-order valence-electron chi connectivity index (χ2n) is 6.34. The minimum absolute atomic E-state index is 0.290. The first-order valence-corrected chi connectivity index (χ1v) is 10.0. The van der Waals surface area contributed by atoms with E-state index in [1.165, 1.54) is 17.4 Å². The highest BCUT2D eigenvalue weighted by molar-refractivity contribution is 7.20. The first-order chi connectivity index (χ1) is 13.7. The van der Waals surface area contributed by atoms with Gasteiger partial charge in [0.15, 0.2) is 0 Å². The molecule has 0 fully saturated rings. The Labute approximate surface area is 165 Å². The number of aromatic nitrogens is 2. The summed E-state index contributed by atoms with van der Waals surface area (Å²) in [6, 6.07) is 14.2. The Balaban J connectivity index is 1.62. The van der Waals surface area contributed by atoms with Crippen LogP contribution < -0.4 is 5.32 Å². The Morgan fingerprint density at radius 2 is 2.11 bits per heavy atom. The second kappa shape index (κ2) is 8.08. The van der Waals surface area contributed by atoms with E-state index in [1.807, 2.05) is 41.8 Å². The van der Waals surface area contributed by atoms with Crippen molar-refractivity contribution in [1.82, 2.24) is 9.55 Å². The lowest BCUT2D eigenvalue weighted by atomic mass is 10.2. The predicted molar refractivity (Wildman–Crippen MR) is 111 cm³/mol. The number of rotatable bonds is 7. The maximum absolute atomic E-state index is 13.9. The van der Waals surface area contributed by atoms with Crippen LogP contribution in [0.1, 0.15) is 23.0 Å². The zero-order valence-corrected chi connectivity index (χ0v) is 16.3. The van der Waals surface area contributed by atoms with Gasteiger partial charge in [-0.05, 0) is 43.7 Å². The van der Waals surface area contributed by atoms with Gasteiger partial charge in [0.25, 0.3) is 5.91 Å². The summed E-state index contributed by atoms with van der Waals surface area (Å²) in [5, 5.41) is 3.36. The lowest BCUT2D eigenvalue weighted by Crippen LogP contribution is -2.15. The third kappa shape index (κ3) is 3.63. The van der Waals surface area contributed by atoms with Crippen LogP contribution in [-0.2, 0) is 11.3 Å². The fourth-order valence-electron chi connectivity index (χ4n) is 3.17. The third-order valence-electron chi connectivity index (χ3n) is 4.49. The summed E-state index contributed by atoms with van der Waals surface area (Å²) >= 11 is 1.27. The number of fused-ring (bicyclic) bond motifs is 2. The van der Waals surface area contributed by atoms with Crippen molar-refractivity contribution in [3.05, 3.63) is 59.2 Å². The number of hydrogen-bond acceptors (Lipinski definition) is 4. The van der Waals surface area contributed by atoms with E-state index in [0.717, 1.165) is 22.2 Å². The van der Waals surface area contributed by atoms with Crippen molar-refractivity contribution in [2.24, 2.45) is 0 Å². The summed E-state index contributed by atoms with van der Waals surface area (Å²) in [6.45, 7) is 3.96. The zero-order valence-electron chi connectivity index (χ0n) is 15.4. The van der Waals surface area contributed by atoms with Crippen LogP contribution in [0.3, 0.4) is 0 Å². The number of nitrogens with one attached hydrogen (secondary N) is 1. The summed E-state index contributed by atoms with van der Waals surface area (Å²) in [5.41, 5.74) is 1.77. The molecule has 5 nitrogen and oxygen atoms in total.